The van der Waals surface area contributed by atoms with Crippen molar-refractivity contribution in [1.29, 1.82) is 0 Å². The molecule has 0 radical (unpaired) electrons. The molecule has 3 rings (SSSR count). The summed E-state index contributed by atoms with van der Waals surface area (Å²) in [6.45, 7) is 0. The van der Waals surface area contributed by atoms with Crippen LogP contribution in [0.3, 0.4) is 0 Å². The fourth-order valence-electron chi connectivity index (χ4n) is 2.10. The van der Waals surface area contributed by atoms with E-state index in [1.54, 1.807) is 18.0 Å². The Labute approximate surface area is 122 Å². The minimum Gasteiger partial charge on any atom is -0.325 e. The molecule has 1 aromatic carbocycles. The van der Waals surface area contributed by atoms with Crippen molar-refractivity contribution in [1.82, 2.24) is 10.3 Å². The highest BCUT2D eigenvalue weighted by Crippen LogP contribution is 2.32. The molecule has 0 spiro atoms. The van der Waals surface area contributed by atoms with Gasteiger partial charge in [-0.3, -0.25) is 15.1 Å². The first-order valence-electron chi connectivity index (χ1n) is 6.46. The van der Waals surface area contributed by atoms with Crippen molar-refractivity contribution in [2.75, 3.05) is 11.1 Å². The Hall–Kier alpha value is -1.85. The number of aromatic nitrogens is 1. The molecule has 1 saturated heterocycles. The third-order valence-corrected chi connectivity index (χ3v) is 4.39. The van der Waals surface area contributed by atoms with Crippen LogP contribution in [0.1, 0.15) is 10.9 Å². The van der Waals surface area contributed by atoms with Gasteiger partial charge in [0.05, 0.1) is 11.4 Å². The maximum Gasteiger partial charge on any atom is 0.242 e. The van der Waals surface area contributed by atoms with E-state index in [4.69, 9.17) is 0 Å². The summed E-state index contributed by atoms with van der Waals surface area (Å²) in [6.07, 6.45) is 3.59. The molecular weight excluding hydrogens is 270 g/mol. The van der Waals surface area contributed by atoms with E-state index < -0.39 is 0 Å². The van der Waals surface area contributed by atoms with Crippen LogP contribution in [0, 0.1) is 0 Å². The lowest BCUT2D eigenvalue weighted by Crippen LogP contribution is -2.38. The van der Waals surface area contributed by atoms with Crippen molar-refractivity contribution < 1.29 is 4.79 Å². The number of benzene rings is 1. The summed E-state index contributed by atoms with van der Waals surface area (Å²) in [4.78, 5) is 16.3. The predicted molar refractivity (Wildman–Crippen MR) is 81.4 cm³/mol. The largest absolute Gasteiger partial charge is 0.325 e. The summed E-state index contributed by atoms with van der Waals surface area (Å²) in [5, 5.41) is 6.40. The van der Waals surface area contributed by atoms with Crippen LogP contribution >= 0.6 is 11.8 Å². The van der Waals surface area contributed by atoms with Gasteiger partial charge in [-0.05, 0) is 23.8 Å². The van der Waals surface area contributed by atoms with Crippen LogP contribution in [0.2, 0.25) is 0 Å². The molecule has 2 N–H and O–H groups in total. The van der Waals surface area contributed by atoms with Crippen LogP contribution in [0.15, 0.2) is 54.9 Å². The summed E-state index contributed by atoms with van der Waals surface area (Å²) >= 11 is 1.73. The second kappa shape index (κ2) is 6.07. The molecule has 20 heavy (non-hydrogen) atoms. The van der Waals surface area contributed by atoms with Crippen LogP contribution in [-0.2, 0) is 4.79 Å². The van der Waals surface area contributed by atoms with Gasteiger partial charge in [-0.25, -0.2) is 0 Å². The fraction of sp³-hybridized carbons (Fsp3) is 0.200. The number of hydrogen-bond donors (Lipinski definition) is 2. The number of anilines is 1. The van der Waals surface area contributed by atoms with E-state index in [1.807, 2.05) is 48.7 Å². The van der Waals surface area contributed by atoms with Crippen molar-refractivity contribution in [3.63, 3.8) is 0 Å². The van der Waals surface area contributed by atoms with Gasteiger partial charge in [-0.2, -0.15) is 0 Å². The van der Waals surface area contributed by atoms with E-state index in [9.17, 15) is 4.79 Å². The number of carbonyl (C=O) groups is 1. The SMILES string of the molecule is O=C(Nc1ccccc1)[C@@H]1CSC(c2cccnc2)N1. The number of nitrogens with zero attached hydrogens (tertiary/aromatic N) is 1. The smallest absolute Gasteiger partial charge is 0.242 e. The van der Waals surface area contributed by atoms with Crippen molar-refractivity contribution in [3.05, 3.63) is 60.4 Å². The molecule has 1 aliphatic heterocycles. The average molecular weight is 285 g/mol. The second-order valence-electron chi connectivity index (χ2n) is 4.57. The van der Waals surface area contributed by atoms with E-state index >= 15 is 0 Å². The zero-order valence-electron chi connectivity index (χ0n) is 10.8. The molecule has 1 aromatic heterocycles. The number of para-hydroxylation sites is 1. The van der Waals surface area contributed by atoms with Crippen LogP contribution < -0.4 is 10.6 Å². The highest BCUT2D eigenvalue weighted by atomic mass is 32.2. The van der Waals surface area contributed by atoms with Gasteiger partial charge < -0.3 is 5.32 Å². The van der Waals surface area contributed by atoms with Gasteiger partial charge in [0.25, 0.3) is 0 Å². The maximum absolute atomic E-state index is 12.2. The first-order valence-corrected chi connectivity index (χ1v) is 7.51. The third kappa shape index (κ3) is 3.00. The summed E-state index contributed by atoms with van der Waals surface area (Å²) < 4.78 is 0. The van der Waals surface area contributed by atoms with E-state index in [-0.39, 0.29) is 17.3 Å². The summed E-state index contributed by atoms with van der Waals surface area (Å²) in [7, 11) is 0. The molecule has 1 aliphatic rings. The van der Waals surface area contributed by atoms with Gasteiger partial charge in [0.1, 0.15) is 0 Å². The van der Waals surface area contributed by atoms with Gasteiger partial charge in [0.15, 0.2) is 0 Å². The molecule has 2 atom stereocenters. The number of carbonyl (C=O) groups excluding carboxylic acids is 1. The molecule has 5 heteroatoms. The van der Waals surface area contributed by atoms with Gasteiger partial charge in [-0.15, -0.1) is 11.8 Å². The summed E-state index contributed by atoms with van der Waals surface area (Å²) in [6, 6.07) is 13.3. The van der Waals surface area contributed by atoms with Gasteiger partial charge in [-0.1, -0.05) is 24.3 Å². The Morgan fingerprint density at radius 2 is 2.10 bits per heavy atom. The van der Waals surface area contributed by atoms with Crippen molar-refractivity contribution >= 4 is 23.4 Å². The Balaban J connectivity index is 1.61. The van der Waals surface area contributed by atoms with Crippen molar-refractivity contribution in [3.8, 4) is 0 Å². The molecular formula is C15H15N3OS. The van der Waals surface area contributed by atoms with Crippen molar-refractivity contribution in [2.24, 2.45) is 0 Å². The Morgan fingerprint density at radius 1 is 1.25 bits per heavy atom. The minimum atomic E-state index is -0.176. The molecule has 0 saturated carbocycles. The number of nitrogens with one attached hydrogen (secondary N) is 2. The number of hydrogen-bond acceptors (Lipinski definition) is 4. The second-order valence-corrected chi connectivity index (χ2v) is 5.71. The maximum atomic E-state index is 12.2. The highest BCUT2D eigenvalue weighted by molar-refractivity contribution is 7.99. The molecule has 2 heterocycles. The summed E-state index contributed by atoms with van der Waals surface area (Å²) in [5.74, 6) is 0.771. The van der Waals surface area contributed by atoms with Gasteiger partial charge in [0, 0.05) is 23.8 Å². The first kappa shape index (κ1) is 13.1. The predicted octanol–water partition coefficient (Wildman–Crippen LogP) is 2.42. The van der Waals surface area contributed by atoms with Gasteiger partial charge >= 0.3 is 0 Å². The van der Waals surface area contributed by atoms with Crippen LogP contribution in [-0.4, -0.2) is 22.7 Å². The molecule has 1 amide bonds. The van der Waals surface area contributed by atoms with Gasteiger partial charge in [0.2, 0.25) is 5.91 Å². The molecule has 4 nitrogen and oxygen atoms in total. The first-order chi connectivity index (χ1) is 9.83. The molecule has 1 unspecified atom stereocenters. The molecule has 2 aromatic rings. The number of pyridine rings is 1. The average Bonchev–Trinajstić information content (AvgIpc) is 2.99. The monoisotopic (exact) mass is 285 g/mol. The van der Waals surface area contributed by atoms with E-state index in [1.165, 1.54) is 0 Å². The minimum absolute atomic E-state index is 0.00934. The zero-order chi connectivity index (χ0) is 13.8. The van der Waals surface area contributed by atoms with Crippen molar-refractivity contribution in [2.45, 2.75) is 11.4 Å². The standard InChI is InChI=1S/C15H15N3OS/c19-14(17-12-6-2-1-3-7-12)13-10-20-15(18-13)11-5-4-8-16-9-11/h1-9,13,15,18H,10H2,(H,17,19)/t13-,15?/m0/s1. The number of thioether (sulfide) groups is 1. The lowest BCUT2D eigenvalue weighted by molar-refractivity contribution is -0.117. The normalized spacial score (nSPS) is 21.6. The van der Waals surface area contributed by atoms with Crippen LogP contribution in [0.4, 0.5) is 5.69 Å². The fourth-order valence-corrected chi connectivity index (χ4v) is 3.32. The molecule has 0 bridgehead atoms. The molecule has 102 valence electrons. The highest BCUT2D eigenvalue weighted by Gasteiger charge is 2.30. The van der Waals surface area contributed by atoms with E-state index in [0.717, 1.165) is 17.0 Å². The lowest BCUT2D eigenvalue weighted by Gasteiger charge is -2.13. The Kier molecular flexibility index (Phi) is 3.99. The number of rotatable bonds is 3. The number of amides is 1. The van der Waals surface area contributed by atoms with E-state index in [2.05, 4.69) is 15.6 Å². The molecule has 0 aliphatic carbocycles. The van der Waals surface area contributed by atoms with Crippen LogP contribution in [0.5, 0.6) is 0 Å². The third-order valence-electron chi connectivity index (χ3n) is 3.13. The molecule has 1 fully saturated rings. The Bertz CT molecular complexity index is 576. The quantitative estimate of drug-likeness (QED) is 0.909. The van der Waals surface area contributed by atoms with E-state index in [0.29, 0.717) is 0 Å². The topological polar surface area (TPSA) is 54.0 Å². The zero-order valence-corrected chi connectivity index (χ0v) is 11.6. The Morgan fingerprint density at radius 3 is 2.85 bits per heavy atom. The van der Waals surface area contributed by atoms with Crippen LogP contribution in [0.25, 0.3) is 0 Å². The summed E-state index contributed by atoms with van der Waals surface area (Å²) in [5.41, 5.74) is 1.93. The lowest BCUT2D eigenvalue weighted by atomic mass is 10.2.